The lowest BCUT2D eigenvalue weighted by Crippen LogP contribution is -2.28. The highest BCUT2D eigenvalue weighted by atomic mass is 79.9. The SMILES string of the molecule is OCC1CCCCC1CNc1ncccc1Br. The van der Waals surface area contributed by atoms with Crippen molar-refractivity contribution in [2.75, 3.05) is 18.5 Å². The van der Waals surface area contributed by atoms with Gasteiger partial charge in [0.1, 0.15) is 5.82 Å². The second-order valence-electron chi connectivity index (χ2n) is 4.70. The molecule has 1 saturated carbocycles. The number of nitrogens with zero attached hydrogens (tertiary/aromatic N) is 1. The van der Waals surface area contributed by atoms with Gasteiger partial charge in [-0.2, -0.15) is 0 Å². The molecular formula is C13H19BrN2O. The summed E-state index contributed by atoms with van der Waals surface area (Å²) in [5.74, 6) is 1.93. The molecule has 2 atom stereocenters. The molecule has 0 aliphatic heterocycles. The van der Waals surface area contributed by atoms with Crippen LogP contribution < -0.4 is 5.32 Å². The molecule has 17 heavy (non-hydrogen) atoms. The normalized spacial score (nSPS) is 24.6. The Kier molecular flexibility index (Phi) is 4.80. The second kappa shape index (κ2) is 6.36. The predicted octanol–water partition coefficient (Wildman–Crippen LogP) is 3.05. The van der Waals surface area contributed by atoms with Gasteiger partial charge in [-0.05, 0) is 52.7 Å². The van der Waals surface area contributed by atoms with Gasteiger partial charge in [0, 0.05) is 19.3 Å². The number of aromatic nitrogens is 1. The Hall–Kier alpha value is -0.610. The summed E-state index contributed by atoms with van der Waals surface area (Å²) in [5, 5.41) is 12.7. The predicted molar refractivity (Wildman–Crippen MR) is 73.0 cm³/mol. The molecule has 1 aromatic heterocycles. The van der Waals surface area contributed by atoms with Crippen LogP contribution in [0.4, 0.5) is 5.82 Å². The number of hydrogen-bond donors (Lipinski definition) is 2. The van der Waals surface area contributed by atoms with Crippen LogP contribution in [-0.2, 0) is 0 Å². The Bertz CT molecular complexity index is 359. The Morgan fingerprint density at radius 1 is 1.35 bits per heavy atom. The van der Waals surface area contributed by atoms with Crippen molar-refractivity contribution in [2.24, 2.45) is 11.8 Å². The highest BCUT2D eigenvalue weighted by Gasteiger charge is 2.24. The molecule has 3 nitrogen and oxygen atoms in total. The quantitative estimate of drug-likeness (QED) is 0.898. The molecule has 2 unspecified atom stereocenters. The van der Waals surface area contributed by atoms with Crippen LogP contribution in [0.2, 0.25) is 0 Å². The van der Waals surface area contributed by atoms with Gasteiger partial charge in [0.25, 0.3) is 0 Å². The summed E-state index contributed by atoms with van der Waals surface area (Å²) in [5.41, 5.74) is 0. The largest absolute Gasteiger partial charge is 0.396 e. The van der Waals surface area contributed by atoms with E-state index < -0.39 is 0 Å². The van der Waals surface area contributed by atoms with Gasteiger partial charge >= 0.3 is 0 Å². The van der Waals surface area contributed by atoms with E-state index in [-0.39, 0.29) is 0 Å². The number of anilines is 1. The molecule has 1 aromatic rings. The first kappa shape index (κ1) is 12.8. The zero-order valence-corrected chi connectivity index (χ0v) is 11.5. The minimum atomic E-state index is 0.315. The Balaban J connectivity index is 1.90. The monoisotopic (exact) mass is 298 g/mol. The van der Waals surface area contributed by atoms with Crippen LogP contribution >= 0.6 is 15.9 Å². The van der Waals surface area contributed by atoms with E-state index in [4.69, 9.17) is 0 Å². The van der Waals surface area contributed by atoms with Gasteiger partial charge in [0.05, 0.1) is 4.47 Å². The summed E-state index contributed by atoms with van der Waals surface area (Å²) in [6.45, 7) is 1.22. The maximum Gasteiger partial charge on any atom is 0.140 e. The number of aliphatic hydroxyl groups excluding tert-OH is 1. The summed E-state index contributed by atoms with van der Waals surface area (Å²) >= 11 is 3.48. The molecule has 0 radical (unpaired) electrons. The van der Waals surface area contributed by atoms with Crippen molar-refractivity contribution in [3.05, 3.63) is 22.8 Å². The molecule has 1 fully saturated rings. The zero-order valence-electron chi connectivity index (χ0n) is 9.90. The molecule has 1 aliphatic carbocycles. The van der Waals surface area contributed by atoms with Crippen molar-refractivity contribution >= 4 is 21.7 Å². The number of aliphatic hydroxyl groups is 1. The van der Waals surface area contributed by atoms with Gasteiger partial charge in [0.15, 0.2) is 0 Å². The first-order valence-corrected chi connectivity index (χ1v) is 7.06. The Labute approximate surface area is 111 Å². The molecule has 1 aliphatic rings. The van der Waals surface area contributed by atoms with E-state index in [2.05, 4.69) is 26.2 Å². The number of halogens is 1. The molecule has 94 valence electrons. The molecule has 1 heterocycles. The zero-order chi connectivity index (χ0) is 12.1. The third-order valence-corrected chi connectivity index (χ3v) is 4.23. The van der Waals surface area contributed by atoms with Gasteiger partial charge in [-0.1, -0.05) is 12.8 Å². The standard InChI is InChI=1S/C13H19BrN2O/c14-12-6-3-7-15-13(12)16-8-10-4-1-2-5-11(10)9-17/h3,6-7,10-11,17H,1-2,4-5,8-9H2,(H,15,16). The van der Waals surface area contributed by atoms with Crippen molar-refractivity contribution in [1.29, 1.82) is 0 Å². The van der Waals surface area contributed by atoms with Crippen LogP contribution in [0.25, 0.3) is 0 Å². The van der Waals surface area contributed by atoms with E-state index >= 15 is 0 Å². The molecule has 4 heteroatoms. The molecular weight excluding hydrogens is 280 g/mol. The molecule has 2 N–H and O–H groups in total. The summed E-state index contributed by atoms with van der Waals surface area (Å²) in [7, 11) is 0. The van der Waals surface area contributed by atoms with E-state index in [1.807, 2.05) is 12.1 Å². The van der Waals surface area contributed by atoms with E-state index in [0.29, 0.717) is 18.4 Å². The minimum Gasteiger partial charge on any atom is -0.396 e. The fourth-order valence-electron chi connectivity index (χ4n) is 2.54. The summed E-state index contributed by atoms with van der Waals surface area (Å²) in [6.07, 6.45) is 6.70. The Morgan fingerprint density at radius 2 is 2.12 bits per heavy atom. The van der Waals surface area contributed by atoms with E-state index in [9.17, 15) is 5.11 Å². The second-order valence-corrected chi connectivity index (χ2v) is 5.56. The highest BCUT2D eigenvalue weighted by molar-refractivity contribution is 9.10. The van der Waals surface area contributed by atoms with Crippen LogP contribution in [0, 0.1) is 11.8 Å². The fourth-order valence-corrected chi connectivity index (χ4v) is 2.93. The highest BCUT2D eigenvalue weighted by Crippen LogP contribution is 2.30. The average molecular weight is 299 g/mol. The maximum absolute atomic E-state index is 9.36. The average Bonchev–Trinajstić information content (AvgIpc) is 2.38. The summed E-state index contributed by atoms with van der Waals surface area (Å²) in [4.78, 5) is 4.29. The molecule has 0 aromatic carbocycles. The van der Waals surface area contributed by atoms with Crippen LogP contribution in [0.1, 0.15) is 25.7 Å². The molecule has 0 spiro atoms. The third-order valence-electron chi connectivity index (χ3n) is 3.59. The summed E-state index contributed by atoms with van der Waals surface area (Å²) in [6, 6.07) is 3.89. The lowest BCUT2D eigenvalue weighted by Gasteiger charge is -2.30. The van der Waals surface area contributed by atoms with Gasteiger partial charge in [-0.25, -0.2) is 4.98 Å². The van der Waals surface area contributed by atoms with Gasteiger partial charge in [-0.3, -0.25) is 0 Å². The van der Waals surface area contributed by atoms with Gasteiger partial charge < -0.3 is 10.4 Å². The molecule has 0 amide bonds. The van der Waals surface area contributed by atoms with Crippen molar-refractivity contribution in [1.82, 2.24) is 4.98 Å². The molecule has 2 rings (SSSR count). The van der Waals surface area contributed by atoms with Crippen molar-refractivity contribution < 1.29 is 5.11 Å². The van der Waals surface area contributed by atoms with Crippen LogP contribution in [-0.4, -0.2) is 23.2 Å². The molecule has 0 bridgehead atoms. The number of pyridine rings is 1. The van der Waals surface area contributed by atoms with Crippen molar-refractivity contribution in [3.63, 3.8) is 0 Å². The van der Waals surface area contributed by atoms with Gasteiger partial charge in [0.2, 0.25) is 0 Å². The Morgan fingerprint density at radius 3 is 2.82 bits per heavy atom. The van der Waals surface area contributed by atoms with Crippen LogP contribution in [0.15, 0.2) is 22.8 Å². The third kappa shape index (κ3) is 3.42. The number of hydrogen-bond acceptors (Lipinski definition) is 3. The fraction of sp³-hybridized carbons (Fsp3) is 0.615. The van der Waals surface area contributed by atoms with Crippen molar-refractivity contribution in [3.8, 4) is 0 Å². The minimum absolute atomic E-state index is 0.315. The maximum atomic E-state index is 9.36. The number of nitrogens with one attached hydrogen (secondary N) is 1. The topological polar surface area (TPSA) is 45.1 Å². The smallest absolute Gasteiger partial charge is 0.140 e. The number of rotatable bonds is 4. The first-order chi connectivity index (χ1) is 8.31. The lowest BCUT2D eigenvalue weighted by atomic mass is 9.79. The van der Waals surface area contributed by atoms with Crippen LogP contribution in [0.5, 0.6) is 0 Å². The summed E-state index contributed by atoms with van der Waals surface area (Å²) < 4.78 is 0.997. The van der Waals surface area contributed by atoms with Crippen LogP contribution in [0.3, 0.4) is 0 Å². The van der Waals surface area contributed by atoms with E-state index in [1.165, 1.54) is 19.3 Å². The van der Waals surface area contributed by atoms with Crippen molar-refractivity contribution in [2.45, 2.75) is 25.7 Å². The lowest BCUT2D eigenvalue weighted by molar-refractivity contribution is 0.141. The van der Waals surface area contributed by atoms with E-state index in [1.54, 1.807) is 6.20 Å². The molecule has 0 saturated heterocycles. The van der Waals surface area contributed by atoms with E-state index in [0.717, 1.165) is 23.3 Å². The first-order valence-electron chi connectivity index (χ1n) is 6.26. The van der Waals surface area contributed by atoms with Gasteiger partial charge in [-0.15, -0.1) is 0 Å².